The normalized spacial score (nSPS) is 23.2. The molecule has 1 saturated carbocycles. The molecule has 2 aliphatic rings. The van der Waals surface area contributed by atoms with Crippen LogP contribution in [-0.4, -0.2) is 48.9 Å². The lowest BCUT2D eigenvalue weighted by molar-refractivity contribution is -0.139. The number of carbonyl (C=O) groups is 2. The van der Waals surface area contributed by atoms with Gasteiger partial charge in [-0.05, 0) is 67.2 Å². The Morgan fingerprint density at radius 3 is 2.03 bits per heavy atom. The predicted octanol–water partition coefficient (Wildman–Crippen LogP) is 4.47. The van der Waals surface area contributed by atoms with E-state index in [0.29, 0.717) is 32.1 Å². The van der Waals surface area contributed by atoms with Gasteiger partial charge in [-0.2, -0.15) is 0 Å². The van der Waals surface area contributed by atoms with Crippen LogP contribution in [0.25, 0.3) is 0 Å². The Kier molecular flexibility index (Phi) is 7.84. The van der Waals surface area contributed by atoms with Gasteiger partial charge in [0.25, 0.3) is 0 Å². The minimum Gasteiger partial charge on any atom is -0.368 e. The summed E-state index contributed by atoms with van der Waals surface area (Å²) in [6.45, 7) is 13.4. The maximum Gasteiger partial charge on any atom is 0.245 e. The monoisotopic (exact) mass is 445 g/mol. The molecule has 5 nitrogen and oxygen atoms in total. The molecule has 32 heavy (non-hydrogen) atoms. The molecule has 1 aliphatic carbocycles. The highest BCUT2D eigenvalue weighted by molar-refractivity contribution is 5.89. The topological polar surface area (TPSA) is 52.7 Å². The van der Waals surface area contributed by atoms with Crippen LogP contribution in [0, 0.1) is 29.0 Å². The van der Waals surface area contributed by atoms with Crippen molar-refractivity contribution in [3.05, 3.63) is 30.1 Å². The van der Waals surface area contributed by atoms with Gasteiger partial charge in [-0.3, -0.25) is 9.59 Å². The van der Waals surface area contributed by atoms with Crippen molar-refractivity contribution >= 4 is 17.5 Å². The van der Waals surface area contributed by atoms with Crippen LogP contribution in [0.1, 0.15) is 60.3 Å². The molecule has 178 valence electrons. The van der Waals surface area contributed by atoms with Crippen LogP contribution in [-0.2, 0) is 9.59 Å². The van der Waals surface area contributed by atoms with Gasteiger partial charge in [0.2, 0.25) is 11.8 Å². The number of nitrogens with zero attached hydrogens (tertiary/aromatic N) is 2. The van der Waals surface area contributed by atoms with E-state index in [-0.39, 0.29) is 34.9 Å². The number of amides is 2. The number of benzene rings is 1. The van der Waals surface area contributed by atoms with Crippen molar-refractivity contribution in [1.29, 1.82) is 0 Å². The van der Waals surface area contributed by atoms with Crippen molar-refractivity contribution in [3.8, 4) is 0 Å². The second-order valence-electron chi connectivity index (χ2n) is 10.9. The third-order valence-electron chi connectivity index (χ3n) is 7.34. The largest absolute Gasteiger partial charge is 0.368 e. The molecule has 1 heterocycles. The fourth-order valence-corrected chi connectivity index (χ4v) is 5.04. The summed E-state index contributed by atoms with van der Waals surface area (Å²) in [5, 5.41) is 3.10. The summed E-state index contributed by atoms with van der Waals surface area (Å²) >= 11 is 0. The van der Waals surface area contributed by atoms with Gasteiger partial charge in [0.1, 0.15) is 11.9 Å². The van der Waals surface area contributed by atoms with Gasteiger partial charge in [-0.15, -0.1) is 0 Å². The molecule has 0 bridgehead atoms. The van der Waals surface area contributed by atoms with E-state index in [4.69, 9.17) is 0 Å². The highest BCUT2D eigenvalue weighted by atomic mass is 19.1. The van der Waals surface area contributed by atoms with E-state index < -0.39 is 6.04 Å². The van der Waals surface area contributed by atoms with E-state index >= 15 is 0 Å². The molecule has 1 aliphatic heterocycles. The highest BCUT2D eigenvalue weighted by Gasteiger charge is 2.35. The van der Waals surface area contributed by atoms with Crippen molar-refractivity contribution in [2.24, 2.45) is 23.2 Å². The lowest BCUT2D eigenvalue weighted by Gasteiger charge is -2.39. The lowest BCUT2D eigenvalue weighted by Crippen LogP contribution is -2.57. The SMILES string of the molecule is CC(C)[C@@H](NC(=O)C1CCC(C(C)(C)C)CC1)C(=O)N1CCN(c2ccc(F)cc2)CC1. The summed E-state index contributed by atoms with van der Waals surface area (Å²) in [5.41, 5.74) is 1.26. The van der Waals surface area contributed by atoms with Gasteiger partial charge in [0, 0.05) is 37.8 Å². The fraction of sp³-hybridized carbons (Fsp3) is 0.692. The molecule has 2 fully saturated rings. The molecule has 1 atom stereocenters. The van der Waals surface area contributed by atoms with Crippen LogP contribution in [0.5, 0.6) is 0 Å². The van der Waals surface area contributed by atoms with Gasteiger partial charge in [-0.25, -0.2) is 4.39 Å². The van der Waals surface area contributed by atoms with Crippen molar-refractivity contribution in [2.45, 2.75) is 66.3 Å². The zero-order valence-corrected chi connectivity index (χ0v) is 20.4. The number of hydrogen-bond donors (Lipinski definition) is 1. The fourth-order valence-electron chi connectivity index (χ4n) is 5.04. The van der Waals surface area contributed by atoms with Crippen LogP contribution in [0.3, 0.4) is 0 Å². The lowest BCUT2D eigenvalue weighted by atomic mass is 9.69. The number of halogens is 1. The molecule has 0 unspecified atom stereocenters. The Morgan fingerprint density at radius 1 is 0.969 bits per heavy atom. The zero-order chi connectivity index (χ0) is 23.5. The van der Waals surface area contributed by atoms with E-state index in [1.54, 1.807) is 12.1 Å². The Labute approximate surface area is 192 Å². The smallest absolute Gasteiger partial charge is 0.245 e. The highest BCUT2D eigenvalue weighted by Crippen LogP contribution is 2.39. The van der Waals surface area contributed by atoms with Gasteiger partial charge < -0.3 is 15.1 Å². The Balaban J connectivity index is 1.53. The molecule has 1 aromatic carbocycles. The molecule has 0 aromatic heterocycles. The standard InChI is InChI=1S/C26H40FN3O2/c1-18(2)23(28-24(31)19-6-8-20(9-7-19)26(3,4)5)25(32)30-16-14-29(15-17-30)22-12-10-21(27)11-13-22/h10-13,18-20,23H,6-9,14-17H2,1-5H3,(H,28,31)/t19?,20?,23-/m1/s1. The van der Waals surface area contributed by atoms with Crippen molar-refractivity contribution in [1.82, 2.24) is 10.2 Å². The van der Waals surface area contributed by atoms with Gasteiger partial charge in [-0.1, -0.05) is 34.6 Å². The van der Waals surface area contributed by atoms with E-state index in [9.17, 15) is 14.0 Å². The minimum absolute atomic E-state index is 0.00971. The number of hydrogen-bond acceptors (Lipinski definition) is 3. The summed E-state index contributed by atoms with van der Waals surface area (Å²) in [6.07, 6.45) is 3.96. The summed E-state index contributed by atoms with van der Waals surface area (Å²) in [7, 11) is 0. The molecule has 1 saturated heterocycles. The summed E-state index contributed by atoms with van der Waals surface area (Å²) in [4.78, 5) is 30.3. The van der Waals surface area contributed by atoms with Crippen LogP contribution < -0.4 is 10.2 Å². The van der Waals surface area contributed by atoms with Crippen LogP contribution in [0.2, 0.25) is 0 Å². The summed E-state index contributed by atoms with van der Waals surface area (Å²) in [5.74, 6) is 0.506. The number of nitrogens with one attached hydrogen (secondary N) is 1. The van der Waals surface area contributed by atoms with E-state index in [1.807, 2.05) is 18.7 Å². The second-order valence-corrected chi connectivity index (χ2v) is 10.9. The quantitative estimate of drug-likeness (QED) is 0.728. The van der Waals surface area contributed by atoms with E-state index in [2.05, 4.69) is 31.0 Å². The van der Waals surface area contributed by atoms with Gasteiger partial charge in [0.05, 0.1) is 0 Å². The molecule has 2 amide bonds. The first-order chi connectivity index (χ1) is 15.1. The molecule has 3 rings (SSSR count). The minimum atomic E-state index is -0.486. The number of carbonyl (C=O) groups excluding carboxylic acids is 2. The van der Waals surface area contributed by atoms with Gasteiger partial charge in [0.15, 0.2) is 0 Å². The van der Waals surface area contributed by atoms with Crippen LogP contribution >= 0.6 is 0 Å². The molecule has 0 spiro atoms. The third-order valence-corrected chi connectivity index (χ3v) is 7.34. The first-order valence-electron chi connectivity index (χ1n) is 12.2. The van der Waals surface area contributed by atoms with Crippen molar-refractivity contribution < 1.29 is 14.0 Å². The summed E-state index contributed by atoms with van der Waals surface area (Å²) < 4.78 is 13.2. The molecule has 0 radical (unpaired) electrons. The Hall–Kier alpha value is -2.11. The van der Waals surface area contributed by atoms with Crippen LogP contribution in [0.4, 0.5) is 10.1 Å². The number of anilines is 1. The van der Waals surface area contributed by atoms with Crippen molar-refractivity contribution in [3.63, 3.8) is 0 Å². The molecule has 1 N–H and O–H groups in total. The predicted molar refractivity (Wildman–Crippen MR) is 127 cm³/mol. The van der Waals surface area contributed by atoms with Crippen molar-refractivity contribution in [2.75, 3.05) is 31.1 Å². The maximum atomic E-state index is 13.3. The number of rotatable bonds is 5. The Morgan fingerprint density at radius 2 is 1.53 bits per heavy atom. The number of piperazine rings is 1. The summed E-state index contributed by atoms with van der Waals surface area (Å²) in [6, 6.07) is 6.00. The average Bonchev–Trinajstić information content (AvgIpc) is 2.77. The molecule has 6 heteroatoms. The van der Waals surface area contributed by atoms with Crippen LogP contribution in [0.15, 0.2) is 24.3 Å². The molecular weight excluding hydrogens is 405 g/mol. The van der Waals surface area contributed by atoms with E-state index in [1.165, 1.54) is 12.1 Å². The first kappa shape index (κ1) is 24.5. The Bertz CT molecular complexity index is 771. The first-order valence-corrected chi connectivity index (χ1v) is 12.2. The second kappa shape index (κ2) is 10.2. The maximum absolute atomic E-state index is 13.3. The zero-order valence-electron chi connectivity index (χ0n) is 20.4. The molecule has 1 aromatic rings. The van der Waals surface area contributed by atoms with E-state index in [0.717, 1.165) is 31.4 Å². The third kappa shape index (κ3) is 6.02. The average molecular weight is 446 g/mol. The molecular formula is C26H40FN3O2. The van der Waals surface area contributed by atoms with Gasteiger partial charge >= 0.3 is 0 Å².